The van der Waals surface area contributed by atoms with Gasteiger partial charge in [0, 0.05) is 19.2 Å². The highest BCUT2D eigenvalue weighted by Gasteiger charge is 2.17. The van der Waals surface area contributed by atoms with Crippen molar-refractivity contribution in [2.24, 2.45) is 5.73 Å². The molecule has 0 saturated carbocycles. The van der Waals surface area contributed by atoms with Gasteiger partial charge in [0.1, 0.15) is 11.5 Å². The summed E-state index contributed by atoms with van der Waals surface area (Å²) in [6, 6.07) is 16.1. The number of aromatic nitrogens is 2. The van der Waals surface area contributed by atoms with E-state index in [2.05, 4.69) is 4.98 Å². The van der Waals surface area contributed by atoms with Crippen molar-refractivity contribution in [2.45, 2.75) is 13.1 Å². The van der Waals surface area contributed by atoms with Crippen LogP contribution < -0.4 is 27.6 Å². The summed E-state index contributed by atoms with van der Waals surface area (Å²) < 4.78 is 1.32. The molecule has 0 aliphatic rings. The van der Waals surface area contributed by atoms with E-state index in [0.717, 1.165) is 11.1 Å². The lowest BCUT2D eigenvalue weighted by atomic mass is 10.1. The summed E-state index contributed by atoms with van der Waals surface area (Å²) in [6.07, 6.45) is 0. The van der Waals surface area contributed by atoms with E-state index < -0.39 is 17.2 Å². The molecule has 0 aliphatic heterocycles. The molecule has 3 rings (SSSR count). The van der Waals surface area contributed by atoms with Gasteiger partial charge in [-0.05, 0) is 23.3 Å². The smallest absolute Gasteiger partial charge is 0.330 e. The van der Waals surface area contributed by atoms with Crippen LogP contribution in [-0.4, -0.2) is 22.5 Å². The number of aromatic amines is 1. The molecule has 2 aromatic carbocycles. The van der Waals surface area contributed by atoms with Crippen LogP contribution in [-0.2, 0) is 13.1 Å². The molecule has 0 fully saturated rings. The lowest BCUT2D eigenvalue weighted by Gasteiger charge is -2.22. The highest BCUT2D eigenvalue weighted by Crippen LogP contribution is 2.19. The zero-order valence-corrected chi connectivity index (χ0v) is 15.4. The van der Waals surface area contributed by atoms with Crippen LogP contribution in [0.5, 0.6) is 0 Å². The first-order valence-corrected chi connectivity index (χ1v) is 8.63. The Labute approximate surface area is 161 Å². The molecule has 0 saturated heterocycles. The van der Waals surface area contributed by atoms with E-state index in [1.54, 1.807) is 30.1 Å². The third-order valence-electron chi connectivity index (χ3n) is 4.41. The van der Waals surface area contributed by atoms with Crippen LogP contribution in [0.3, 0.4) is 0 Å². The first-order chi connectivity index (χ1) is 13.4. The molecule has 1 amide bonds. The van der Waals surface area contributed by atoms with E-state index in [0.29, 0.717) is 12.1 Å². The molecule has 8 nitrogen and oxygen atoms in total. The molecule has 3 aromatic rings. The second-order valence-electron chi connectivity index (χ2n) is 6.49. The summed E-state index contributed by atoms with van der Waals surface area (Å²) in [5.74, 6) is -0.454. The average molecular weight is 379 g/mol. The Morgan fingerprint density at radius 3 is 2.43 bits per heavy atom. The van der Waals surface area contributed by atoms with Crippen LogP contribution in [0.2, 0.25) is 0 Å². The van der Waals surface area contributed by atoms with E-state index in [1.165, 1.54) is 4.57 Å². The number of rotatable bonds is 6. The van der Waals surface area contributed by atoms with Crippen molar-refractivity contribution < 1.29 is 4.79 Å². The Kier molecular flexibility index (Phi) is 5.30. The molecule has 28 heavy (non-hydrogen) atoms. The Morgan fingerprint density at radius 1 is 1.07 bits per heavy atom. The molecule has 0 atom stereocenters. The van der Waals surface area contributed by atoms with Crippen molar-refractivity contribution in [1.29, 1.82) is 0 Å². The molecule has 0 unspecified atom stereocenters. The number of nitrogens with one attached hydrogen (secondary N) is 1. The molecule has 1 aromatic heterocycles. The summed E-state index contributed by atoms with van der Waals surface area (Å²) >= 11 is 0. The van der Waals surface area contributed by atoms with Gasteiger partial charge in [-0.25, -0.2) is 4.79 Å². The highest BCUT2D eigenvalue weighted by molar-refractivity contribution is 5.92. The van der Waals surface area contributed by atoms with Gasteiger partial charge in [0.15, 0.2) is 0 Å². The van der Waals surface area contributed by atoms with Crippen molar-refractivity contribution in [3.05, 3.63) is 92.1 Å². The van der Waals surface area contributed by atoms with Crippen LogP contribution in [0.1, 0.15) is 21.5 Å². The van der Waals surface area contributed by atoms with Gasteiger partial charge >= 0.3 is 5.69 Å². The topological polar surface area (TPSA) is 127 Å². The fraction of sp³-hybridized carbons (Fsp3) is 0.150. The van der Waals surface area contributed by atoms with Crippen LogP contribution in [0.25, 0.3) is 0 Å². The second kappa shape index (κ2) is 7.83. The van der Waals surface area contributed by atoms with Gasteiger partial charge in [-0.3, -0.25) is 19.1 Å². The van der Waals surface area contributed by atoms with Crippen molar-refractivity contribution in [3.63, 3.8) is 0 Å². The fourth-order valence-electron chi connectivity index (χ4n) is 3.05. The maximum absolute atomic E-state index is 12.4. The lowest BCUT2D eigenvalue weighted by Crippen LogP contribution is -2.37. The largest absolute Gasteiger partial charge is 0.383 e. The van der Waals surface area contributed by atoms with E-state index in [-0.39, 0.29) is 18.1 Å². The minimum atomic E-state index is -0.570. The minimum absolute atomic E-state index is 0.0751. The number of nitrogen functional groups attached to an aromatic ring is 1. The summed E-state index contributed by atoms with van der Waals surface area (Å²) in [4.78, 5) is 40.0. The number of carbonyl (C=O) groups is 1. The second-order valence-corrected chi connectivity index (χ2v) is 6.49. The number of nitrogens with two attached hydrogens (primary N) is 2. The Bertz CT molecular complexity index is 1120. The summed E-state index contributed by atoms with van der Waals surface area (Å²) in [6.45, 7) is 0.540. The fourth-order valence-corrected chi connectivity index (χ4v) is 3.05. The number of hydrogen-bond donors (Lipinski definition) is 3. The Morgan fingerprint density at radius 2 is 1.75 bits per heavy atom. The quantitative estimate of drug-likeness (QED) is 0.586. The van der Waals surface area contributed by atoms with Crippen molar-refractivity contribution >= 4 is 17.4 Å². The van der Waals surface area contributed by atoms with Gasteiger partial charge in [0.25, 0.3) is 5.56 Å². The summed E-state index contributed by atoms with van der Waals surface area (Å²) in [7, 11) is 1.69. The first kappa shape index (κ1) is 19.0. The number of hydrogen-bond acceptors (Lipinski definition) is 5. The van der Waals surface area contributed by atoms with Crippen LogP contribution in [0.4, 0.5) is 11.5 Å². The maximum atomic E-state index is 12.4. The van der Waals surface area contributed by atoms with Gasteiger partial charge in [-0.15, -0.1) is 0 Å². The number of carbonyl (C=O) groups excluding carboxylic acids is 1. The molecule has 144 valence electrons. The number of amides is 1. The Hall–Kier alpha value is -3.81. The molecule has 8 heteroatoms. The van der Waals surface area contributed by atoms with Gasteiger partial charge in [0.05, 0.1) is 6.54 Å². The number of benzene rings is 2. The predicted molar refractivity (Wildman–Crippen MR) is 108 cm³/mol. The molecule has 0 bridgehead atoms. The van der Waals surface area contributed by atoms with E-state index in [4.69, 9.17) is 11.5 Å². The molecule has 0 aliphatic carbocycles. The van der Waals surface area contributed by atoms with Crippen LogP contribution in [0.15, 0.2) is 64.2 Å². The summed E-state index contributed by atoms with van der Waals surface area (Å²) in [5.41, 5.74) is 12.6. The SMILES string of the molecule is CN(Cc1cccc(C(N)=O)c1)c1c(N)n(Cc2ccccc2)c(=O)[nH]c1=O. The van der Waals surface area contributed by atoms with E-state index >= 15 is 0 Å². The number of primary amides is 1. The van der Waals surface area contributed by atoms with Gasteiger partial charge in [-0.2, -0.15) is 0 Å². The number of H-pyrrole nitrogens is 1. The zero-order valence-electron chi connectivity index (χ0n) is 15.4. The van der Waals surface area contributed by atoms with Gasteiger partial charge in [-0.1, -0.05) is 42.5 Å². The van der Waals surface area contributed by atoms with Crippen LogP contribution >= 0.6 is 0 Å². The molecular formula is C20H21N5O3. The lowest BCUT2D eigenvalue weighted by molar-refractivity contribution is 0.1000. The average Bonchev–Trinajstić information content (AvgIpc) is 2.66. The zero-order chi connectivity index (χ0) is 20.3. The van der Waals surface area contributed by atoms with Gasteiger partial charge < -0.3 is 16.4 Å². The predicted octanol–water partition coefficient (Wildman–Crippen LogP) is 0.902. The van der Waals surface area contributed by atoms with Crippen molar-refractivity contribution in [2.75, 3.05) is 17.7 Å². The first-order valence-electron chi connectivity index (χ1n) is 8.63. The van der Waals surface area contributed by atoms with Crippen molar-refractivity contribution in [3.8, 4) is 0 Å². The van der Waals surface area contributed by atoms with Gasteiger partial charge in [0.2, 0.25) is 5.91 Å². The molecule has 0 spiro atoms. The highest BCUT2D eigenvalue weighted by atomic mass is 16.2. The molecule has 5 N–H and O–H groups in total. The van der Waals surface area contributed by atoms with Crippen molar-refractivity contribution in [1.82, 2.24) is 9.55 Å². The maximum Gasteiger partial charge on any atom is 0.330 e. The summed E-state index contributed by atoms with van der Waals surface area (Å²) in [5, 5.41) is 0. The van der Waals surface area contributed by atoms with Crippen LogP contribution in [0, 0.1) is 0 Å². The third kappa shape index (κ3) is 3.96. The van der Waals surface area contributed by atoms with E-state index in [1.807, 2.05) is 36.4 Å². The minimum Gasteiger partial charge on any atom is -0.383 e. The molecule has 0 radical (unpaired) electrons. The number of nitrogens with zero attached hydrogens (tertiary/aromatic N) is 2. The monoisotopic (exact) mass is 379 g/mol. The number of anilines is 2. The molecule has 1 heterocycles. The Balaban J connectivity index is 1.96. The standard InChI is InChI=1S/C20H21N5O3/c1-24(11-14-8-5-9-15(10-14)18(22)26)16-17(21)25(20(28)23-19(16)27)12-13-6-3-2-4-7-13/h2-10H,11-12,21H2,1H3,(H2,22,26)(H,23,27,28). The molecular weight excluding hydrogens is 358 g/mol. The van der Waals surface area contributed by atoms with E-state index in [9.17, 15) is 14.4 Å². The normalized spacial score (nSPS) is 10.6. The third-order valence-corrected chi connectivity index (χ3v) is 4.41.